The highest BCUT2D eigenvalue weighted by atomic mass is 16.2. The van der Waals surface area contributed by atoms with Gasteiger partial charge in [-0.1, -0.05) is 18.2 Å². The Kier molecular flexibility index (Phi) is 7.70. The lowest BCUT2D eigenvalue weighted by Gasteiger charge is -2.10. The third kappa shape index (κ3) is 5.57. The van der Waals surface area contributed by atoms with Crippen LogP contribution in [0.25, 0.3) is 0 Å². The zero-order valence-electron chi connectivity index (χ0n) is 13.4. The average molecular weight is 327 g/mol. The smallest absolute Gasteiger partial charge is 0.251 e. The summed E-state index contributed by atoms with van der Waals surface area (Å²) in [4.78, 5) is 36.4. The number of rotatable bonds is 9. The van der Waals surface area contributed by atoms with Gasteiger partial charge in [-0.25, -0.2) is 0 Å². The summed E-state index contributed by atoms with van der Waals surface area (Å²) in [5.41, 5.74) is 0.644. The molecule has 0 unspecified atom stereocenters. The van der Waals surface area contributed by atoms with Gasteiger partial charge in [-0.05, 0) is 18.2 Å². The Labute approximate surface area is 141 Å². The highest BCUT2D eigenvalue weighted by molar-refractivity contribution is 6.04. The van der Waals surface area contributed by atoms with E-state index in [0.29, 0.717) is 0 Å². The second kappa shape index (κ2) is 9.78. The molecule has 3 N–H and O–H groups in total. The summed E-state index contributed by atoms with van der Waals surface area (Å²) in [6.07, 6.45) is 4.61. The molecule has 0 fully saturated rings. The van der Waals surface area contributed by atoms with E-state index >= 15 is 0 Å². The molecule has 6 heteroatoms. The minimum absolute atomic E-state index is 0.215. The van der Waals surface area contributed by atoms with E-state index in [2.05, 4.69) is 35.7 Å². The normalized spacial score (nSPS) is 9.50. The van der Waals surface area contributed by atoms with E-state index in [-0.39, 0.29) is 36.3 Å². The van der Waals surface area contributed by atoms with Gasteiger partial charge in [-0.15, -0.1) is 19.7 Å². The van der Waals surface area contributed by atoms with Crippen LogP contribution in [0.2, 0.25) is 0 Å². The molecule has 6 nitrogen and oxygen atoms in total. The topological polar surface area (TPSA) is 87.3 Å². The van der Waals surface area contributed by atoms with Gasteiger partial charge in [-0.3, -0.25) is 14.4 Å². The van der Waals surface area contributed by atoms with Crippen LogP contribution >= 0.6 is 0 Å². The third-order valence-electron chi connectivity index (χ3n) is 2.94. The Morgan fingerprint density at radius 1 is 0.667 bits per heavy atom. The standard InChI is InChI=1S/C18H21N3O3/c1-4-7-19-16(22)13-10-14(17(23)20-8-5-2)12-15(11-13)18(24)21-9-6-3/h4-6,10-12H,1-3,7-9H2,(H,19,22)(H,20,23)(H,21,24). The van der Waals surface area contributed by atoms with Gasteiger partial charge in [-0.2, -0.15) is 0 Å². The first-order valence-electron chi connectivity index (χ1n) is 7.35. The van der Waals surface area contributed by atoms with E-state index in [1.807, 2.05) is 0 Å². The zero-order valence-corrected chi connectivity index (χ0v) is 13.4. The second-order valence-electron chi connectivity index (χ2n) is 4.80. The van der Waals surface area contributed by atoms with Crippen molar-refractivity contribution in [3.8, 4) is 0 Å². The van der Waals surface area contributed by atoms with Crippen LogP contribution in [0.4, 0.5) is 0 Å². The van der Waals surface area contributed by atoms with E-state index < -0.39 is 17.7 Å². The van der Waals surface area contributed by atoms with Crippen molar-refractivity contribution in [1.29, 1.82) is 0 Å². The molecule has 0 heterocycles. The maximum Gasteiger partial charge on any atom is 0.251 e. The number of benzene rings is 1. The number of amides is 3. The lowest BCUT2D eigenvalue weighted by molar-refractivity contribution is 0.0957. The van der Waals surface area contributed by atoms with Crippen molar-refractivity contribution in [2.75, 3.05) is 19.6 Å². The number of nitrogens with one attached hydrogen (secondary N) is 3. The van der Waals surface area contributed by atoms with E-state index in [1.54, 1.807) is 0 Å². The van der Waals surface area contributed by atoms with Crippen molar-refractivity contribution in [3.63, 3.8) is 0 Å². The summed E-state index contributed by atoms with van der Waals surface area (Å²) in [6, 6.07) is 4.30. The highest BCUT2D eigenvalue weighted by Gasteiger charge is 2.15. The van der Waals surface area contributed by atoms with Gasteiger partial charge in [0.1, 0.15) is 0 Å². The number of hydrogen-bond donors (Lipinski definition) is 3. The Bertz CT molecular complexity index is 563. The van der Waals surface area contributed by atoms with Crippen LogP contribution in [0.1, 0.15) is 31.1 Å². The largest absolute Gasteiger partial charge is 0.349 e. The molecule has 24 heavy (non-hydrogen) atoms. The first-order valence-corrected chi connectivity index (χ1v) is 7.35. The summed E-state index contributed by atoms with van der Waals surface area (Å²) < 4.78 is 0. The average Bonchev–Trinajstić information content (AvgIpc) is 2.61. The fraction of sp³-hybridized carbons (Fsp3) is 0.167. The monoisotopic (exact) mass is 327 g/mol. The lowest BCUT2D eigenvalue weighted by Crippen LogP contribution is -2.28. The fourth-order valence-corrected chi connectivity index (χ4v) is 1.82. The Hall–Kier alpha value is -3.15. The Morgan fingerprint density at radius 2 is 0.917 bits per heavy atom. The van der Waals surface area contributed by atoms with E-state index in [4.69, 9.17) is 0 Å². The molecule has 1 aromatic rings. The van der Waals surface area contributed by atoms with Crippen LogP contribution < -0.4 is 16.0 Å². The molecular weight excluding hydrogens is 306 g/mol. The molecule has 0 aromatic heterocycles. The van der Waals surface area contributed by atoms with E-state index in [0.717, 1.165) is 0 Å². The van der Waals surface area contributed by atoms with Crippen molar-refractivity contribution < 1.29 is 14.4 Å². The van der Waals surface area contributed by atoms with Gasteiger partial charge in [0, 0.05) is 36.3 Å². The molecule has 0 aliphatic carbocycles. The van der Waals surface area contributed by atoms with Crippen LogP contribution in [0, 0.1) is 0 Å². The summed E-state index contributed by atoms with van der Waals surface area (Å²) in [5.74, 6) is -1.19. The predicted molar refractivity (Wildman–Crippen MR) is 94.0 cm³/mol. The quantitative estimate of drug-likeness (QED) is 0.600. The van der Waals surface area contributed by atoms with Crippen LogP contribution in [-0.2, 0) is 0 Å². The molecule has 0 saturated heterocycles. The van der Waals surface area contributed by atoms with Gasteiger partial charge >= 0.3 is 0 Å². The van der Waals surface area contributed by atoms with Crippen LogP contribution in [0.3, 0.4) is 0 Å². The minimum Gasteiger partial charge on any atom is -0.349 e. The molecule has 0 radical (unpaired) electrons. The van der Waals surface area contributed by atoms with Gasteiger partial charge in [0.2, 0.25) is 0 Å². The zero-order chi connectivity index (χ0) is 17.9. The van der Waals surface area contributed by atoms with Crippen LogP contribution in [0.5, 0.6) is 0 Å². The molecule has 0 aliphatic heterocycles. The molecule has 3 amide bonds. The molecule has 126 valence electrons. The molecule has 0 spiro atoms. The molecule has 0 atom stereocenters. The lowest BCUT2D eigenvalue weighted by atomic mass is 10.0. The number of carbonyl (C=O) groups excluding carboxylic acids is 3. The van der Waals surface area contributed by atoms with Gasteiger partial charge in [0.05, 0.1) is 0 Å². The van der Waals surface area contributed by atoms with Crippen molar-refractivity contribution in [1.82, 2.24) is 16.0 Å². The van der Waals surface area contributed by atoms with Gasteiger partial charge in [0.25, 0.3) is 17.7 Å². The van der Waals surface area contributed by atoms with Crippen molar-refractivity contribution in [2.24, 2.45) is 0 Å². The Balaban J connectivity index is 3.17. The summed E-state index contributed by atoms with van der Waals surface area (Å²) in [7, 11) is 0. The number of hydrogen-bond acceptors (Lipinski definition) is 3. The van der Waals surface area contributed by atoms with E-state index in [1.165, 1.54) is 36.4 Å². The first kappa shape index (κ1) is 18.9. The van der Waals surface area contributed by atoms with Crippen molar-refractivity contribution in [3.05, 3.63) is 72.9 Å². The first-order chi connectivity index (χ1) is 11.5. The molecule has 1 rings (SSSR count). The molecule has 0 bridgehead atoms. The maximum absolute atomic E-state index is 12.1. The fourth-order valence-electron chi connectivity index (χ4n) is 1.82. The summed E-state index contributed by atoms with van der Waals surface area (Å²) in [5, 5.41) is 7.84. The summed E-state index contributed by atoms with van der Waals surface area (Å²) in [6.45, 7) is 11.4. The number of carbonyl (C=O) groups is 3. The molecule has 0 aliphatic rings. The van der Waals surface area contributed by atoms with E-state index in [9.17, 15) is 14.4 Å². The maximum atomic E-state index is 12.1. The molecular formula is C18H21N3O3. The van der Waals surface area contributed by atoms with Crippen molar-refractivity contribution in [2.45, 2.75) is 0 Å². The van der Waals surface area contributed by atoms with Crippen molar-refractivity contribution >= 4 is 17.7 Å². The van der Waals surface area contributed by atoms with Crippen LogP contribution in [0.15, 0.2) is 56.2 Å². The SMILES string of the molecule is C=CCNC(=O)c1cc(C(=O)NCC=C)cc(C(=O)NCC=C)c1. The summed E-state index contributed by atoms with van der Waals surface area (Å²) >= 11 is 0. The highest BCUT2D eigenvalue weighted by Crippen LogP contribution is 2.11. The van der Waals surface area contributed by atoms with Gasteiger partial charge < -0.3 is 16.0 Å². The predicted octanol–water partition coefficient (Wildman–Crippen LogP) is 1.43. The molecule has 0 saturated carbocycles. The second-order valence-corrected chi connectivity index (χ2v) is 4.80. The van der Waals surface area contributed by atoms with Crippen LogP contribution in [-0.4, -0.2) is 37.4 Å². The minimum atomic E-state index is -0.397. The molecule has 1 aromatic carbocycles. The Morgan fingerprint density at radius 3 is 1.12 bits per heavy atom. The van der Waals surface area contributed by atoms with Gasteiger partial charge in [0.15, 0.2) is 0 Å². The third-order valence-corrected chi connectivity index (χ3v) is 2.94.